The maximum absolute atomic E-state index is 5.98. The summed E-state index contributed by atoms with van der Waals surface area (Å²) in [5, 5.41) is 1.88. The van der Waals surface area contributed by atoms with Gasteiger partial charge in [-0.2, -0.15) is 0 Å². The predicted octanol–water partition coefficient (Wildman–Crippen LogP) is 4.32. The summed E-state index contributed by atoms with van der Waals surface area (Å²) in [5.41, 5.74) is 9.00. The highest BCUT2D eigenvalue weighted by atomic mass is 35.5. The summed E-state index contributed by atoms with van der Waals surface area (Å²) >= 11 is 7.68. The van der Waals surface area contributed by atoms with Crippen LogP contribution in [-0.4, -0.2) is 4.98 Å². The lowest BCUT2D eigenvalue weighted by atomic mass is 10.1. The third kappa shape index (κ3) is 2.72. The van der Waals surface area contributed by atoms with E-state index in [2.05, 4.69) is 11.1 Å². The third-order valence-corrected chi connectivity index (χ3v) is 4.37. The van der Waals surface area contributed by atoms with Gasteiger partial charge in [-0.25, -0.2) is 4.98 Å². The summed E-state index contributed by atoms with van der Waals surface area (Å²) in [6, 6.07) is 13.8. The Kier molecular flexibility index (Phi) is 3.40. The maximum atomic E-state index is 5.98. The lowest BCUT2D eigenvalue weighted by Gasteiger charge is -2.02. The van der Waals surface area contributed by atoms with Crippen molar-refractivity contribution < 1.29 is 0 Å². The van der Waals surface area contributed by atoms with Gasteiger partial charge in [-0.15, -0.1) is 11.3 Å². The van der Waals surface area contributed by atoms with E-state index in [0.717, 1.165) is 38.8 Å². The molecule has 3 rings (SSSR count). The zero-order valence-corrected chi connectivity index (χ0v) is 11.8. The number of nitrogens with two attached hydrogens (primary N) is 1. The minimum absolute atomic E-state index is 0.759. The highest BCUT2D eigenvalue weighted by Crippen LogP contribution is 2.26. The number of hydrogen-bond acceptors (Lipinski definition) is 3. The second kappa shape index (κ2) is 5.19. The maximum Gasteiger partial charge on any atom is 0.0941 e. The molecule has 0 amide bonds. The number of halogens is 1. The third-order valence-electron chi connectivity index (χ3n) is 3.06. The molecule has 0 saturated carbocycles. The highest BCUT2D eigenvalue weighted by Gasteiger charge is 2.05. The molecule has 2 N–H and O–H groups in total. The number of nitrogens with zero attached hydrogens (tertiary/aromatic N) is 1. The molecule has 0 saturated heterocycles. The van der Waals surface area contributed by atoms with Crippen LogP contribution >= 0.6 is 22.9 Å². The summed E-state index contributed by atoms with van der Waals surface area (Å²) in [6.07, 6.45) is 1.82. The van der Waals surface area contributed by atoms with Gasteiger partial charge in [-0.3, -0.25) is 0 Å². The van der Waals surface area contributed by atoms with E-state index in [1.165, 1.54) is 5.56 Å². The number of fused-ring (bicyclic) bond motifs is 1. The summed E-state index contributed by atoms with van der Waals surface area (Å²) in [5.74, 6) is 0. The van der Waals surface area contributed by atoms with Gasteiger partial charge in [-0.1, -0.05) is 29.8 Å². The SMILES string of the molecule is Nc1ccccc1CCc1nc2ccc(Cl)cc2s1. The van der Waals surface area contributed by atoms with Crippen LogP contribution in [0.25, 0.3) is 10.2 Å². The van der Waals surface area contributed by atoms with Gasteiger partial charge in [0.25, 0.3) is 0 Å². The van der Waals surface area contributed by atoms with Crippen LogP contribution in [0.4, 0.5) is 5.69 Å². The predicted molar refractivity (Wildman–Crippen MR) is 82.9 cm³/mol. The fourth-order valence-corrected chi connectivity index (χ4v) is 3.30. The standard InChI is InChI=1S/C15H13ClN2S/c16-11-6-7-13-14(9-11)19-15(18-13)8-5-10-3-1-2-4-12(10)17/h1-4,6-7,9H,5,8,17H2. The molecule has 2 nitrogen and oxygen atoms in total. The highest BCUT2D eigenvalue weighted by molar-refractivity contribution is 7.18. The van der Waals surface area contributed by atoms with Crippen LogP contribution in [0.3, 0.4) is 0 Å². The molecule has 0 aliphatic heterocycles. The Balaban J connectivity index is 1.80. The molecule has 2 aromatic carbocycles. The van der Waals surface area contributed by atoms with Crippen molar-refractivity contribution in [3.05, 3.63) is 58.1 Å². The Labute approximate surface area is 120 Å². The van der Waals surface area contributed by atoms with Crippen LogP contribution in [0.1, 0.15) is 10.6 Å². The Hall–Kier alpha value is -1.58. The fraction of sp³-hybridized carbons (Fsp3) is 0.133. The molecular weight excluding hydrogens is 276 g/mol. The minimum Gasteiger partial charge on any atom is -0.399 e. The van der Waals surface area contributed by atoms with E-state index >= 15 is 0 Å². The van der Waals surface area contributed by atoms with Crippen molar-refractivity contribution in [1.82, 2.24) is 4.98 Å². The zero-order valence-electron chi connectivity index (χ0n) is 10.3. The summed E-state index contributed by atoms with van der Waals surface area (Å²) < 4.78 is 1.14. The van der Waals surface area contributed by atoms with E-state index in [-0.39, 0.29) is 0 Å². The van der Waals surface area contributed by atoms with Crippen LogP contribution < -0.4 is 5.73 Å². The molecule has 0 radical (unpaired) electrons. The average molecular weight is 289 g/mol. The zero-order chi connectivity index (χ0) is 13.2. The van der Waals surface area contributed by atoms with Crippen LogP contribution in [0.5, 0.6) is 0 Å². The van der Waals surface area contributed by atoms with Crippen molar-refractivity contribution in [3.63, 3.8) is 0 Å². The molecule has 1 aromatic heterocycles. The summed E-state index contributed by atoms with van der Waals surface area (Å²) in [7, 11) is 0. The quantitative estimate of drug-likeness (QED) is 0.729. The van der Waals surface area contributed by atoms with Crippen LogP contribution in [-0.2, 0) is 12.8 Å². The second-order valence-corrected chi connectivity index (χ2v) is 5.97. The van der Waals surface area contributed by atoms with E-state index in [0.29, 0.717) is 0 Å². The monoisotopic (exact) mass is 288 g/mol. The van der Waals surface area contributed by atoms with Crippen molar-refractivity contribution in [2.45, 2.75) is 12.8 Å². The van der Waals surface area contributed by atoms with Gasteiger partial charge in [0.1, 0.15) is 0 Å². The largest absolute Gasteiger partial charge is 0.399 e. The van der Waals surface area contributed by atoms with Crippen molar-refractivity contribution in [1.29, 1.82) is 0 Å². The number of hydrogen-bond donors (Lipinski definition) is 1. The van der Waals surface area contributed by atoms with E-state index in [1.54, 1.807) is 11.3 Å². The first-order chi connectivity index (χ1) is 9.22. The normalized spacial score (nSPS) is 11.0. The topological polar surface area (TPSA) is 38.9 Å². The lowest BCUT2D eigenvalue weighted by molar-refractivity contribution is 0.951. The smallest absolute Gasteiger partial charge is 0.0941 e. The Morgan fingerprint density at radius 3 is 2.79 bits per heavy atom. The molecule has 0 bridgehead atoms. The molecule has 0 atom stereocenters. The number of aryl methyl sites for hydroxylation is 2. The average Bonchev–Trinajstić information content (AvgIpc) is 2.79. The van der Waals surface area contributed by atoms with Gasteiger partial charge in [0.05, 0.1) is 15.2 Å². The van der Waals surface area contributed by atoms with Crippen molar-refractivity contribution >= 4 is 38.8 Å². The number of para-hydroxylation sites is 1. The molecule has 96 valence electrons. The fourth-order valence-electron chi connectivity index (χ4n) is 2.06. The molecule has 19 heavy (non-hydrogen) atoms. The van der Waals surface area contributed by atoms with Crippen molar-refractivity contribution in [2.75, 3.05) is 5.73 Å². The van der Waals surface area contributed by atoms with Crippen LogP contribution in [0.15, 0.2) is 42.5 Å². The molecular formula is C15H13ClN2S. The Bertz CT molecular complexity index is 721. The van der Waals surface area contributed by atoms with E-state index in [4.69, 9.17) is 17.3 Å². The van der Waals surface area contributed by atoms with Crippen molar-refractivity contribution in [2.24, 2.45) is 0 Å². The number of benzene rings is 2. The molecule has 0 unspecified atom stereocenters. The van der Waals surface area contributed by atoms with Crippen LogP contribution in [0, 0.1) is 0 Å². The van der Waals surface area contributed by atoms with Gasteiger partial charge in [-0.05, 0) is 36.2 Å². The number of anilines is 1. The van der Waals surface area contributed by atoms with E-state index in [1.807, 2.05) is 36.4 Å². The van der Waals surface area contributed by atoms with Gasteiger partial charge in [0.2, 0.25) is 0 Å². The molecule has 4 heteroatoms. The molecule has 0 fully saturated rings. The van der Waals surface area contributed by atoms with Gasteiger partial charge >= 0.3 is 0 Å². The van der Waals surface area contributed by atoms with Gasteiger partial charge in [0.15, 0.2) is 0 Å². The molecule has 0 aliphatic carbocycles. The first-order valence-electron chi connectivity index (χ1n) is 6.11. The van der Waals surface area contributed by atoms with Crippen molar-refractivity contribution in [3.8, 4) is 0 Å². The lowest BCUT2D eigenvalue weighted by Crippen LogP contribution is -1.96. The minimum atomic E-state index is 0.759. The number of rotatable bonds is 3. The first-order valence-corrected chi connectivity index (χ1v) is 7.30. The number of nitrogen functional groups attached to an aromatic ring is 1. The summed E-state index contributed by atoms with van der Waals surface area (Å²) in [6.45, 7) is 0. The van der Waals surface area contributed by atoms with Gasteiger partial charge < -0.3 is 5.73 Å². The number of aromatic nitrogens is 1. The second-order valence-electron chi connectivity index (χ2n) is 4.42. The van der Waals surface area contributed by atoms with Crippen LogP contribution in [0.2, 0.25) is 5.02 Å². The Morgan fingerprint density at radius 1 is 1.11 bits per heavy atom. The summed E-state index contributed by atoms with van der Waals surface area (Å²) in [4.78, 5) is 4.62. The molecule has 0 spiro atoms. The van der Waals surface area contributed by atoms with Gasteiger partial charge in [0, 0.05) is 17.1 Å². The van der Waals surface area contributed by atoms with E-state index < -0.39 is 0 Å². The number of thiazole rings is 1. The Morgan fingerprint density at radius 2 is 1.95 bits per heavy atom. The molecule has 0 aliphatic rings. The van der Waals surface area contributed by atoms with E-state index in [9.17, 15) is 0 Å². The molecule has 1 heterocycles. The first kappa shape index (κ1) is 12.5. The molecule has 3 aromatic rings.